The van der Waals surface area contributed by atoms with Crippen LogP contribution in [0.1, 0.15) is 16.8 Å². The van der Waals surface area contributed by atoms with Crippen LogP contribution in [-0.2, 0) is 6.54 Å². The second-order valence-corrected chi connectivity index (χ2v) is 5.84. The molecular formula is C15H14BrFN4. The Morgan fingerprint density at radius 2 is 2.10 bits per heavy atom. The summed E-state index contributed by atoms with van der Waals surface area (Å²) in [7, 11) is 0. The SMILES string of the molecule is Cc1cc2ncc(CNc3cc(Br)c(F)cc3C)cn2n1. The Kier molecular flexibility index (Phi) is 3.63. The van der Waals surface area contributed by atoms with Gasteiger partial charge in [0.25, 0.3) is 0 Å². The van der Waals surface area contributed by atoms with Crippen molar-refractivity contribution in [1.82, 2.24) is 14.6 Å². The van der Waals surface area contributed by atoms with Gasteiger partial charge in [-0.25, -0.2) is 13.9 Å². The number of hydrogen-bond donors (Lipinski definition) is 1. The van der Waals surface area contributed by atoms with Gasteiger partial charge in [0.1, 0.15) is 5.82 Å². The highest BCUT2D eigenvalue weighted by Gasteiger charge is 2.06. The average Bonchev–Trinajstić information content (AvgIpc) is 2.80. The van der Waals surface area contributed by atoms with Gasteiger partial charge in [-0.2, -0.15) is 5.10 Å². The third-order valence-corrected chi connectivity index (χ3v) is 3.85. The van der Waals surface area contributed by atoms with Crippen LogP contribution in [0.5, 0.6) is 0 Å². The molecule has 21 heavy (non-hydrogen) atoms. The zero-order valence-electron chi connectivity index (χ0n) is 11.7. The number of hydrogen-bond acceptors (Lipinski definition) is 3. The van der Waals surface area contributed by atoms with Gasteiger partial charge in [0.15, 0.2) is 5.65 Å². The standard InChI is InChI=1S/C15H14BrFN4/c1-9-3-13(17)12(16)5-14(9)18-6-11-7-19-15-4-10(2)20-21(15)8-11/h3-5,7-8,18H,6H2,1-2H3. The summed E-state index contributed by atoms with van der Waals surface area (Å²) in [5, 5.41) is 7.63. The Hall–Kier alpha value is -1.95. The first-order chi connectivity index (χ1) is 10.0. The quantitative estimate of drug-likeness (QED) is 0.781. The van der Waals surface area contributed by atoms with Crippen LogP contribution in [0, 0.1) is 19.7 Å². The summed E-state index contributed by atoms with van der Waals surface area (Å²) in [5.74, 6) is -0.256. The second-order valence-electron chi connectivity index (χ2n) is 4.99. The van der Waals surface area contributed by atoms with Gasteiger partial charge in [-0.05, 0) is 47.5 Å². The van der Waals surface area contributed by atoms with Crippen molar-refractivity contribution in [3.63, 3.8) is 0 Å². The number of anilines is 1. The third-order valence-electron chi connectivity index (χ3n) is 3.24. The lowest BCUT2D eigenvalue weighted by molar-refractivity contribution is 0.620. The van der Waals surface area contributed by atoms with Crippen molar-refractivity contribution in [2.75, 3.05) is 5.32 Å². The molecule has 1 N–H and O–H groups in total. The smallest absolute Gasteiger partial charge is 0.155 e. The van der Waals surface area contributed by atoms with E-state index in [1.165, 1.54) is 6.07 Å². The summed E-state index contributed by atoms with van der Waals surface area (Å²) in [6, 6.07) is 5.18. The lowest BCUT2D eigenvalue weighted by Crippen LogP contribution is -2.04. The van der Waals surface area contributed by atoms with E-state index in [4.69, 9.17) is 0 Å². The van der Waals surface area contributed by atoms with Crippen LogP contribution in [0.15, 0.2) is 35.1 Å². The molecule has 0 radical (unpaired) electrons. The van der Waals surface area contributed by atoms with E-state index < -0.39 is 0 Å². The van der Waals surface area contributed by atoms with Crippen LogP contribution >= 0.6 is 15.9 Å². The molecule has 3 aromatic rings. The Bertz CT molecular complexity index is 813. The maximum atomic E-state index is 13.4. The van der Waals surface area contributed by atoms with E-state index in [9.17, 15) is 4.39 Å². The van der Waals surface area contributed by atoms with Gasteiger partial charge in [-0.3, -0.25) is 0 Å². The first-order valence-corrected chi connectivity index (χ1v) is 7.32. The monoisotopic (exact) mass is 348 g/mol. The van der Waals surface area contributed by atoms with Crippen LogP contribution in [0.25, 0.3) is 5.65 Å². The third kappa shape index (κ3) is 2.90. The number of benzene rings is 1. The first-order valence-electron chi connectivity index (χ1n) is 6.53. The van der Waals surface area contributed by atoms with Crippen molar-refractivity contribution in [3.05, 3.63) is 57.7 Å². The molecule has 0 spiro atoms. The van der Waals surface area contributed by atoms with E-state index in [1.807, 2.05) is 32.3 Å². The number of rotatable bonds is 3. The predicted octanol–water partition coefficient (Wildman–Crippen LogP) is 3.86. The van der Waals surface area contributed by atoms with Gasteiger partial charge >= 0.3 is 0 Å². The molecule has 0 aliphatic heterocycles. The molecule has 0 unspecified atom stereocenters. The molecule has 0 aliphatic carbocycles. The lowest BCUT2D eigenvalue weighted by atomic mass is 10.2. The topological polar surface area (TPSA) is 42.2 Å². The Labute approximate surface area is 130 Å². The minimum atomic E-state index is -0.256. The fraction of sp³-hybridized carbons (Fsp3) is 0.200. The number of aromatic nitrogens is 3. The zero-order valence-corrected chi connectivity index (χ0v) is 13.3. The van der Waals surface area contributed by atoms with Crippen molar-refractivity contribution < 1.29 is 4.39 Å². The van der Waals surface area contributed by atoms with Gasteiger partial charge < -0.3 is 5.32 Å². The lowest BCUT2D eigenvalue weighted by Gasteiger charge is -2.10. The number of halogens is 2. The molecule has 2 heterocycles. The summed E-state index contributed by atoms with van der Waals surface area (Å²) < 4.78 is 15.6. The van der Waals surface area contributed by atoms with Crippen LogP contribution in [0.3, 0.4) is 0 Å². The summed E-state index contributed by atoms with van der Waals surface area (Å²) in [6.45, 7) is 4.41. The molecule has 3 rings (SSSR count). The van der Waals surface area contributed by atoms with Crippen LogP contribution in [0.4, 0.5) is 10.1 Å². The van der Waals surface area contributed by atoms with Gasteiger partial charge in [0, 0.05) is 36.3 Å². The van der Waals surface area contributed by atoms with Crippen molar-refractivity contribution in [2.24, 2.45) is 0 Å². The molecular weight excluding hydrogens is 335 g/mol. The van der Waals surface area contributed by atoms with E-state index in [2.05, 4.69) is 31.3 Å². The molecule has 6 heteroatoms. The minimum Gasteiger partial charge on any atom is -0.381 e. The molecule has 108 valence electrons. The Morgan fingerprint density at radius 1 is 1.29 bits per heavy atom. The molecule has 0 bridgehead atoms. The van der Waals surface area contributed by atoms with Crippen molar-refractivity contribution in [3.8, 4) is 0 Å². The predicted molar refractivity (Wildman–Crippen MR) is 83.9 cm³/mol. The molecule has 0 saturated heterocycles. The molecule has 0 saturated carbocycles. The Balaban J connectivity index is 1.81. The van der Waals surface area contributed by atoms with E-state index in [-0.39, 0.29) is 5.82 Å². The first kappa shape index (κ1) is 14.0. The van der Waals surface area contributed by atoms with Crippen LogP contribution in [-0.4, -0.2) is 14.6 Å². The molecule has 4 nitrogen and oxygen atoms in total. The van der Waals surface area contributed by atoms with Crippen molar-refractivity contribution >= 4 is 27.3 Å². The maximum Gasteiger partial charge on any atom is 0.155 e. The number of fused-ring (bicyclic) bond motifs is 1. The highest BCUT2D eigenvalue weighted by atomic mass is 79.9. The number of aryl methyl sites for hydroxylation is 2. The summed E-state index contributed by atoms with van der Waals surface area (Å²) >= 11 is 3.20. The fourth-order valence-electron chi connectivity index (χ4n) is 2.16. The molecule has 0 aliphatic rings. The molecule has 2 aromatic heterocycles. The average molecular weight is 349 g/mol. The highest BCUT2D eigenvalue weighted by Crippen LogP contribution is 2.24. The summed E-state index contributed by atoms with van der Waals surface area (Å²) in [6.07, 6.45) is 3.76. The zero-order chi connectivity index (χ0) is 15.0. The van der Waals surface area contributed by atoms with Crippen LogP contribution < -0.4 is 5.32 Å². The fourth-order valence-corrected chi connectivity index (χ4v) is 2.50. The van der Waals surface area contributed by atoms with E-state index in [0.717, 1.165) is 28.2 Å². The molecule has 0 fully saturated rings. The Morgan fingerprint density at radius 3 is 2.90 bits per heavy atom. The van der Waals surface area contributed by atoms with Gasteiger partial charge in [-0.15, -0.1) is 0 Å². The van der Waals surface area contributed by atoms with Crippen molar-refractivity contribution in [1.29, 1.82) is 0 Å². The summed E-state index contributed by atoms with van der Waals surface area (Å²) in [4.78, 5) is 4.36. The highest BCUT2D eigenvalue weighted by molar-refractivity contribution is 9.10. The maximum absolute atomic E-state index is 13.4. The van der Waals surface area contributed by atoms with E-state index >= 15 is 0 Å². The molecule has 0 amide bonds. The molecule has 1 aromatic carbocycles. The van der Waals surface area contributed by atoms with Gasteiger partial charge in [-0.1, -0.05) is 0 Å². The van der Waals surface area contributed by atoms with Gasteiger partial charge in [0.2, 0.25) is 0 Å². The van der Waals surface area contributed by atoms with Crippen LogP contribution in [0.2, 0.25) is 0 Å². The van der Waals surface area contributed by atoms with Crippen molar-refractivity contribution in [2.45, 2.75) is 20.4 Å². The normalized spacial score (nSPS) is 11.0. The van der Waals surface area contributed by atoms with E-state index in [1.54, 1.807) is 10.6 Å². The summed E-state index contributed by atoms with van der Waals surface area (Å²) in [5.41, 5.74) is 4.52. The largest absolute Gasteiger partial charge is 0.381 e. The second kappa shape index (κ2) is 5.44. The van der Waals surface area contributed by atoms with Gasteiger partial charge in [0.05, 0.1) is 10.2 Å². The van der Waals surface area contributed by atoms with E-state index in [0.29, 0.717) is 11.0 Å². The molecule has 0 atom stereocenters. The number of nitrogens with one attached hydrogen (secondary N) is 1. The number of nitrogens with zero attached hydrogens (tertiary/aromatic N) is 3. The minimum absolute atomic E-state index is 0.256.